The van der Waals surface area contributed by atoms with Crippen LogP contribution in [0.1, 0.15) is 26.2 Å². The maximum atomic E-state index is 13.2. The summed E-state index contributed by atoms with van der Waals surface area (Å²) in [6.45, 7) is 3.03. The van der Waals surface area contributed by atoms with Crippen molar-refractivity contribution in [3.05, 3.63) is 60.2 Å². The first-order chi connectivity index (χ1) is 14.1. The van der Waals surface area contributed by atoms with E-state index in [1.165, 1.54) is 30.7 Å². The van der Waals surface area contributed by atoms with Crippen LogP contribution in [0.2, 0.25) is 0 Å². The van der Waals surface area contributed by atoms with Gasteiger partial charge >= 0.3 is 0 Å². The molecular formula is C21H22F2N6. The quantitative estimate of drug-likeness (QED) is 0.632. The number of nitrogens with one attached hydrogen (secondary N) is 2. The van der Waals surface area contributed by atoms with Crippen molar-refractivity contribution in [1.29, 1.82) is 0 Å². The largest absolute Gasteiger partial charge is 0.338 e. The highest BCUT2D eigenvalue weighted by Gasteiger charge is 2.22. The zero-order valence-corrected chi connectivity index (χ0v) is 16.1. The molecule has 2 aromatic carbocycles. The van der Waals surface area contributed by atoms with Gasteiger partial charge in [-0.2, -0.15) is 15.0 Å². The zero-order valence-electron chi connectivity index (χ0n) is 16.1. The van der Waals surface area contributed by atoms with E-state index in [1.54, 1.807) is 24.3 Å². The first kappa shape index (κ1) is 19.0. The van der Waals surface area contributed by atoms with Crippen LogP contribution < -0.4 is 15.5 Å². The molecule has 0 unspecified atom stereocenters. The molecule has 1 atom stereocenters. The highest BCUT2D eigenvalue weighted by Crippen LogP contribution is 2.25. The Kier molecular flexibility index (Phi) is 5.50. The number of nitrogens with zero attached hydrogens (tertiary/aromatic N) is 4. The Morgan fingerprint density at radius 2 is 1.31 bits per heavy atom. The van der Waals surface area contributed by atoms with E-state index in [0.717, 1.165) is 19.4 Å². The molecule has 6 nitrogen and oxygen atoms in total. The average Bonchev–Trinajstić information content (AvgIpc) is 2.72. The fourth-order valence-electron chi connectivity index (χ4n) is 3.32. The lowest BCUT2D eigenvalue weighted by Gasteiger charge is -2.33. The van der Waals surface area contributed by atoms with E-state index in [0.29, 0.717) is 35.3 Å². The fourth-order valence-corrected chi connectivity index (χ4v) is 3.32. The number of rotatable bonds is 5. The van der Waals surface area contributed by atoms with Gasteiger partial charge in [0.05, 0.1) is 0 Å². The van der Waals surface area contributed by atoms with Crippen LogP contribution in [0.15, 0.2) is 48.5 Å². The zero-order chi connectivity index (χ0) is 20.2. The molecule has 1 saturated heterocycles. The molecule has 29 heavy (non-hydrogen) atoms. The van der Waals surface area contributed by atoms with Crippen LogP contribution in [0.25, 0.3) is 0 Å². The van der Waals surface area contributed by atoms with E-state index in [-0.39, 0.29) is 11.6 Å². The number of aromatic nitrogens is 3. The van der Waals surface area contributed by atoms with Crippen LogP contribution in [-0.4, -0.2) is 27.5 Å². The minimum Gasteiger partial charge on any atom is -0.338 e. The third kappa shape index (κ3) is 4.77. The minimum absolute atomic E-state index is 0.312. The molecule has 0 saturated carbocycles. The van der Waals surface area contributed by atoms with Crippen molar-refractivity contribution in [2.45, 2.75) is 32.2 Å². The normalized spacial score (nSPS) is 16.5. The van der Waals surface area contributed by atoms with Gasteiger partial charge < -0.3 is 15.5 Å². The van der Waals surface area contributed by atoms with E-state index < -0.39 is 0 Å². The van der Waals surface area contributed by atoms with Crippen LogP contribution in [0, 0.1) is 11.6 Å². The summed E-state index contributed by atoms with van der Waals surface area (Å²) in [4.78, 5) is 15.8. The van der Waals surface area contributed by atoms with Crippen molar-refractivity contribution < 1.29 is 8.78 Å². The van der Waals surface area contributed by atoms with E-state index in [1.807, 2.05) is 0 Å². The lowest BCUT2D eigenvalue weighted by atomic mass is 10.0. The molecule has 2 N–H and O–H groups in total. The van der Waals surface area contributed by atoms with Crippen molar-refractivity contribution in [2.75, 3.05) is 22.1 Å². The number of hydrogen-bond donors (Lipinski definition) is 2. The van der Waals surface area contributed by atoms with Crippen molar-refractivity contribution in [3.8, 4) is 0 Å². The summed E-state index contributed by atoms with van der Waals surface area (Å²) in [6, 6.07) is 12.3. The maximum Gasteiger partial charge on any atom is 0.233 e. The molecule has 2 heterocycles. The second kappa shape index (κ2) is 8.38. The topological polar surface area (TPSA) is 66.0 Å². The Morgan fingerprint density at radius 3 is 1.79 bits per heavy atom. The number of anilines is 5. The molecule has 3 aromatic rings. The summed E-state index contributed by atoms with van der Waals surface area (Å²) in [6.07, 6.45) is 3.34. The van der Waals surface area contributed by atoms with Crippen molar-refractivity contribution >= 4 is 29.2 Å². The summed E-state index contributed by atoms with van der Waals surface area (Å²) in [5.41, 5.74) is 1.34. The molecule has 4 rings (SSSR count). The number of piperidine rings is 1. The average molecular weight is 396 g/mol. The molecule has 0 amide bonds. The van der Waals surface area contributed by atoms with Gasteiger partial charge in [0, 0.05) is 24.0 Å². The summed E-state index contributed by atoms with van der Waals surface area (Å²) in [7, 11) is 0. The molecule has 1 fully saturated rings. The second-order valence-corrected chi connectivity index (χ2v) is 7.08. The van der Waals surface area contributed by atoms with Gasteiger partial charge in [-0.1, -0.05) is 0 Å². The number of hydrogen-bond acceptors (Lipinski definition) is 6. The first-order valence-corrected chi connectivity index (χ1v) is 9.65. The number of benzene rings is 2. The predicted octanol–water partition coefficient (Wildman–Crippen LogP) is 5.02. The molecule has 0 radical (unpaired) electrons. The molecular weight excluding hydrogens is 374 g/mol. The highest BCUT2D eigenvalue weighted by molar-refractivity contribution is 5.59. The standard InChI is InChI=1S/C21H22F2N6/c1-14-4-2-3-13-29(14)21-27-19(24-17-9-5-15(22)6-10-17)26-20(28-21)25-18-11-7-16(23)8-12-18/h5-12,14H,2-4,13H2,1H3,(H2,24,25,26,27,28)/t14-/m1/s1. The number of halogens is 2. The van der Waals surface area contributed by atoms with Gasteiger partial charge in [-0.15, -0.1) is 0 Å². The smallest absolute Gasteiger partial charge is 0.233 e. The van der Waals surface area contributed by atoms with Gasteiger partial charge in [-0.25, -0.2) is 8.78 Å². The summed E-state index contributed by atoms with van der Waals surface area (Å²) < 4.78 is 26.4. The molecule has 150 valence electrons. The van der Waals surface area contributed by atoms with E-state index >= 15 is 0 Å². The monoisotopic (exact) mass is 396 g/mol. The van der Waals surface area contributed by atoms with Crippen LogP contribution in [0.3, 0.4) is 0 Å². The Labute approximate surface area is 168 Å². The summed E-state index contributed by atoms with van der Waals surface area (Å²) >= 11 is 0. The molecule has 1 aliphatic rings. The Morgan fingerprint density at radius 1 is 0.793 bits per heavy atom. The van der Waals surface area contributed by atoms with Crippen molar-refractivity contribution in [1.82, 2.24) is 15.0 Å². The second-order valence-electron chi connectivity index (χ2n) is 7.08. The van der Waals surface area contributed by atoms with Crippen molar-refractivity contribution in [2.24, 2.45) is 0 Å². The van der Waals surface area contributed by atoms with Gasteiger partial charge in [0.2, 0.25) is 17.8 Å². The SMILES string of the molecule is C[C@@H]1CCCCN1c1nc(Nc2ccc(F)cc2)nc(Nc2ccc(F)cc2)n1. The third-order valence-electron chi connectivity index (χ3n) is 4.88. The van der Waals surface area contributed by atoms with Crippen LogP contribution in [0.4, 0.5) is 38.0 Å². The highest BCUT2D eigenvalue weighted by atomic mass is 19.1. The minimum atomic E-state index is -0.312. The van der Waals surface area contributed by atoms with Gasteiger partial charge in [-0.05, 0) is 74.7 Å². The Hall–Kier alpha value is -3.29. The first-order valence-electron chi connectivity index (χ1n) is 9.65. The van der Waals surface area contributed by atoms with E-state index in [4.69, 9.17) is 0 Å². The van der Waals surface area contributed by atoms with Crippen LogP contribution in [0.5, 0.6) is 0 Å². The van der Waals surface area contributed by atoms with Crippen LogP contribution in [-0.2, 0) is 0 Å². The molecule has 1 aliphatic heterocycles. The van der Waals surface area contributed by atoms with E-state index in [2.05, 4.69) is 37.4 Å². The van der Waals surface area contributed by atoms with Gasteiger partial charge in [0.1, 0.15) is 11.6 Å². The molecule has 0 aliphatic carbocycles. The maximum absolute atomic E-state index is 13.2. The molecule has 0 bridgehead atoms. The van der Waals surface area contributed by atoms with Gasteiger partial charge in [-0.3, -0.25) is 0 Å². The lowest BCUT2D eigenvalue weighted by Crippen LogP contribution is -2.38. The fraction of sp³-hybridized carbons (Fsp3) is 0.286. The van der Waals surface area contributed by atoms with Gasteiger partial charge in [0.25, 0.3) is 0 Å². The Balaban J connectivity index is 1.66. The molecule has 0 spiro atoms. The third-order valence-corrected chi connectivity index (χ3v) is 4.88. The van der Waals surface area contributed by atoms with Crippen LogP contribution >= 0.6 is 0 Å². The van der Waals surface area contributed by atoms with E-state index in [9.17, 15) is 8.78 Å². The summed E-state index contributed by atoms with van der Waals surface area (Å²) in [5.74, 6) is 0.648. The van der Waals surface area contributed by atoms with Crippen molar-refractivity contribution in [3.63, 3.8) is 0 Å². The molecule has 1 aromatic heterocycles. The molecule has 8 heteroatoms. The van der Waals surface area contributed by atoms with Gasteiger partial charge in [0.15, 0.2) is 0 Å². The lowest BCUT2D eigenvalue weighted by molar-refractivity contribution is 0.477. The Bertz CT molecular complexity index is 896. The predicted molar refractivity (Wildman–Crippen MR) is 110 cm³/mol. The summed E-state index contributed by atoms with van der Waals surface area (Å²) in [5, 5.41) is 6.21.